The maximum absolute atomic E-state index is 13.3. The molecule has 0 unspecified atom stereocenters. The number of nitrogens with two attached hydrogens (primary N) is 1. The fourth-order valence-corrected chi connectivity index (χ4v) is 8.92. The van der Waals surface area contributed by atoms with E-state index < -0.39 is 22.3 Å². The summed E-state index contributed by atoms with van der Waals surface area (Å²) in [5.74, 6) is 0.916. The highest BCUT2D eigenvalue weighted by atomic mass is 35.5. The second-order valence-electron chi connectivity index (χ2n) is 12.6. The Morgan fingerprint density at radius 1 is 1.31 bits per heavy atom. The first-order valence-corrected chi connectivity index (χ1v) is 17.3. The first-order valence-electron chi connectivity index (χ1n) is 15.0. The summed E-state index contributed by atoms with van der Waals surface area (Å²) in [6.45, 7) is 11.4. The van der Waals surface area contributed by atoms with Gasteiger partial charge in [0.2, 0.25) is 0 Å². The predicted octanol–water partition coefficient (Wildman–Crippen LogP) is 5.13. The highest BCUT2D eigenvalue weighted by molar-refractivity contribution is 7.99. The number of hydrogen-bond acceptors (Lipinski definition) is 5. The average molecular weight is 614 g/mol. The lowest BCUT2D eigenvalue weighted by Gasteiger charge is -2.45. The number of carbonyl (C=O) groups excluding carboxylic acids is 1. The summed E-state index contributed by atoms with van der Waals surface area (Å²) in [7, 11) is -3.40. The summed E-state index contributed by atoms with van der Waals surface area (Å²) in [6.07, 6.45) is 8.48. The molecule has 0 aromatic heterocycles. The summed E-state index contributed by atoms with van der Waals surface area (Å²) in [5.41, 5.74) is 3.49. The number of fused-ring (bicyclic) bond motifs is 3. The number of benzene rings is 2. The van der Waals surface area contributed by atoms with Crippen LogP contribution in [0.4, 0.5) is 5.69 Å². The van der Waals surface area contributed by atoms with E-state index in [9.17, 15) is 14.1 Å². The Bertz CT molecular complexity index is 1400. The van der Waals surface area contributed by atoms with Crippen molar-refractivity contribution >= 4 is 33.5 Å². The van der Waals surface area contributed by atoms with E-state index in [-0.39, 0.29) is 28.9 Å². The number of ether oxygens (including phenoxy) is 1. The molecule has 1 aliphatic heterocycles. The number of nitrogens with zero attached hydrogens (tertiary/aromatic N) is 1. The fraction of sp³-hybridized carbons (Fsp3) is 0.485. The topological polar surface area (TPSA) is 105 Å². The van der Waals surface area contributed by atoms with Gasteiger partial charge in [-0.2, -0.15) is 0 Å². The standard InChI is InChI=1S/C33H44ClN3O4S/c1-4-7-22(3)19-42(35,40)36-32(39)24-10-14-31-29(17-24)37(18-25-9-12-27(25)30(38)5-2)20-33(21-41-31)15-6-8-23-16-26(34)11-13-28(23)33/h4-5,10-11,13-14,16-17,22,25,27,30,38,42H,1-2,6-9,12,15,18-21H2,3H3,(H3,35,36,39,40)/t22-,25-,27+,30-,33-/m0/s1. The molecule has 1 amide bonds. The minimum absolute atomic E-state index is 0.0420. The van der Waals surface area contributed by atoms with Gasteiger partial charge < -0.3 is 14.7 Å². The van der Waals surface area contributed by atoms with Crippen LogP contribution in [0.1, 0.15) is 60.5 Å². The number of halogens is 1. The largest absolute Gasteiger partial charge is 0.490 e. The molecule has 42 heavy (non-hydrogen) atoms. The molecule has 5 rings (SSSR count). The summed E-state index contributed by atoms with van der Waals surface area (Å²) in [5, 5.41) is 17.4. The van der Waals surface area contributed by atoms with Gasteiger partial charge in [0.05, 0.1) is 18.4 Å². The van der Waals surface area contributed by atoms with Gasteiger partial charge in [0.15, 0.2) is 0 Å². The van der Waals surface area contributed by atoms with Crippen LogP contribution in [-0.2, 0) is 22.1 Å². The third-order valence-corrected chi connectivity index (χ3v) is 11.3. The van der Waals surface area contributed by atoms with Crippen LogP contribution in [0.3, 0.4) is 0 Å². The molecule has 1 fully saturated rings. The van der Waals surface area contributed by atoms with Crippen molar-refractivity contribution in [3.05, 3.63) is 83.4 Å². The van der Waals surface area contributed by atoms with E-state index in [0.717, 1.165) is 49.4 Å². The third kappa shape index (κ3) is 6.47. The Labute approximate surface area is 255 Å². The van der Waals surface area contributed by atoms with E-state index in [1.54, 1.807) is 18.2 Å². The summed E-state index contributed by atoms with van der Waals surface area (Å²) in [6, 6.07) is 11.6. The number of rotatable bonds is 10. The SMILES string of the molecule is C=CC[C@H](C)C[SH](N)(=O)NC(=O)c1ccc2c(c1)N(C[C@@H]1CC[C@H]1[C@@H](O)C=C)C[C@@]1(CCCc3cc(Cl)ccc31)CO2. The van der Waals surface area contributed by atoms with E-state index in [2.05, 4.69) is 34.9 Å². The van der Waals surface area contributed by atoms with E-state index in [4.69, 9.17) is 21.5 Å². The van der Waals surface area contributed by atoms with Crippen LogP contribution in [-0.4, -0.2) is 46.8 Å². The van der Waals surface area contributed by atoms with Gasteiger partial charge in [-0.1, -0.05) is 36.7 Å². The van der Waals surface area contributed by atoms with Crippen molar-refractivity contribution in [2.24, 2.45) is 22.9 Å². The lowest BCUT2D eigenvalue weighted by Crippen LogP contribution is -2.49. The van der Waals surface area contributed by atoms with Crippen molar-refractivity contribution in [1.29, 1.82) is 0 Å². The van der Waals surface area contributed by atoms with Crippen molar-refractivity contribution in [2.45, 2.75) is 57.0 Å². The minimum Gasteiger partial charge on any atom is -0.490 e. The van der Waals surface area contributed by atoms with Crippen molar-refractivity contribution in [3.63, 3.8) is 0 Å². The highest BCUT2D eigenvalue weighted by Crippen LogP contribution is 2.46. The van der Waals surface area contributed by atoms with Crippen LogP contribution in [0.15, 0.2) is 61.7 Å². The molecule has 1 spiro atoms. The molecule has 7 nitrogen and oxygen atoms in total. The fourth-order valence-electron chi connectivity index (χ4n) is 7.09. The molecular formula is C33H44ClN3O4S. The minimum atomic E-state index is -3.40. The number of amides is 1. The smallest absolute Gasteiger partial charge is 0.262 e. The molecule has 3 aliphatic rings. The first-order chi connectivity index (χ1) is 20.0. The molecule has 4 N–H and O–H groups in total. The van der Waals surface area contributed by atoms with Gasteiger partial charge in [0, 0.05) is 45.1 Å². The van der Waals surface area contributed by atoms with E-state index in [0.29, 0.717) is 30.9 Å². The van der Waals surface area contributed by atoms with Gasteiger partial charge >= 0.3 is 0 Å². The molecule has 5 atom stereocenters. The maximum Gasteiger partial charge on any atom is 0.262 e. The maximum atomic E-state index is 13.3. The molecule has 1 saturated carbocycles. The lowest BCUT2D eigenvalue weighted by molar-refractivity contribution is 0.0460. The van der Waals surface area contributed by atoms with Crippen LogP contribution in [0.25, 0.3) is 0 Å². The van der Waals surface area contributed by atoms with Crippen LogP contribution >= 0.6 is 11.6 Å². The van der Waals surface area contributed by atoms with E-state index in [1.165, 1.54) is 11.1 Å². The monoisotopic (exact) mass is 613 g/mol. The van der Waals surface area contributed by atoms with Crippen molar-refractivity contribution in [2.75, 3.05) is 30.3 Å². The molecule has 0 radical (unpaired) electrons. The second-order valence-corrected chi connectivity index (χ2v) is 15.2. The Kier molecular flexibility index (Phi) is 9.19. The first kappa shape index (κ1) is 30.8. The van der Waals surface area contributed by atoms with Crippen LogP contribution in [0, 0.1) is 17.8 Å². The Hall–Kier alpha value is -2.65. The number of aliphatic hydroxyl groups is 1. The van der Waals surface area contributed by atoms with Gasteiger partial charge in [-0.25, -0.2) is 0 Å². The third-order valence-electron chi connectivity index (χ3n) is 9.35. The van der Waals surface area contributed by atoms with Gasteiger partial charge in [-0.3, -0.25) is 18.9 Å². The van der Waals surface area contributed by atoms with E-state index >= 15 is 0 Å². The molecule has 2 aromatic rings. The summed E-state index contributed by atoms with van der Waals surface area (Å²) >= 11 is 6.38. The zero-order valence-corrected chi connectivity index (χ0v) is 26.1. The van der Waals surface area contributed by atoms with Crippen molar-refractivity contribution < 1.29 is 18.8 Å². The van der Waals surface area contributed by atoms with Gasteiger partial charge in [0.25, 0.3) is 5.91 Å². The van der Waals surface area contributed by atoms with Crippen molar-refractivity contribution in [3.8, 4) is 5.75 Å². The summed E-state index contributed by atoms with van der Waals surface area (Å²) in [4.78, 5) is 15.7. The molecule has 9 heteroatoms. The Balaban J connectivity index is 1.47. The molecule has 0 saturated heterocycles. The van der Waals surface area contributed by atoms with Gasteiger partial charge in [0.1, 0.15) is 5.75 Å². The van der Waals surface area contributed by atoms with Gasteiger partial charge in [-0.15, -0.1) is 13.2 Å². The molecular weight excluding hydrogens is 570 g/mol. The number of carbonyl (C=O) groups is 1. The molecule has 2 aromatic carbocycles. The quantitative estimate of drug-likeness (QED) is 0.220. The second kappa shape index (κ2) is 12.5. The number of anilines is 1. The lowest BCUT2D eigenvalue weighted by atomic mass is 9.68. The number of nitrogens with one attached hydrogen (secondary N) is 1. The molecule has 228 valence electrons. The number of hydrogen-bond donors (Lipinski definition) is 4. The Morgan fingerprint density at radius 3 is 2.83 bits per heavy atom. The normalized spacial score (nSPS) is 25.1. The number of allylic oxidation sites excluding steroid dienone is 1. The molecule has 0 bridgehead atoms. The van der Waals surface area contributed by atoms with Crippen LogP contribution in [0.5, 0.6) is 5.75 Å². The predicted molar refractivity (Wildman–Crippen MR) is 173 cm³/mol. The number of aryl methyl sites for hydroxylation is 1. The zero-order valence-electron chi connectivity index (χ0n) is 24.4. The van der Waals surface area contributed by atoms with Crippen LogP contribution < -0.4 is 19.5 Å². The number of aliphatic hydroxyl groups excluding tert-OH is 1. The average Bonchev–Trinajstić information content (AvgIpc) is 3.07. The zero-order chi connectivity index (χ0) is 30.1. The highest BCUT2D eigenvalue weighted by Gasteiger charge is 2.44. The van der Waals surface area contributed by atoms with E-state index in [1.807, 2.05) is 25.1 Å². The summed E-state index contributed by atoms with van der Waals surface area (Å²) < 4.78 is 22.2. The van der Waals surface area contributed by atoms with Crippen molar-refractivity contribution in [1.82, 2.24) is 4.72 Å². The number of thiol groups is 1. The van der Waals surface area contributed by atoms with Crippen LogP contribution in [0.2, 0.25) is 5.02 Å². The molecule has 1 heterocycles. The van der Waals surface area contributed by atoms with Gasteiger partial charge in [-0.05, 0) is 97.7 Å². The Morgan fingerprint density at radius 2 is 2.12 bits per heavy atom. The molecule has 2 aliphatic carbocycles.